The molecule has 0 bridgehead atoms. The van der Waals surface area contributed by atoms with Crippen molar-refractivity contribution in [2.24, 2.45) is 0 Å². The molecule has 0 aliphatic carbocycles. The minimum atomic E-state index is -0.574. The number of halogens is 1. The van der Waals surface area contributed by atoms with Gasteiger partial charge in [-0.2, -0.15) is 0 Å². The lowest BCUT2D eigenvalue weighted by molar-refractivity contribution is 0.190. The monoisotopic (exact) mass is 291 g/mol. The van der Waals surface area contributed by atoms with Gasteiger partial charge < -0.3 is 9.88 Å². The van der Waals surface area contributed by atoms with Crippen molar-refractivity contribution < 1.29 is 4.39 Å². The highest BCUT2D eigenvalue weighted by atomic mass is 19.1. The summed E-state index contributed by atoms with van der Waals surface area (Å²) in [5.41, 5.74) is -0.925. The molecule has 3 rings (SSSR count). The van der Waals surface area contributed by atoms with Crippen LogP contribution in [-0.2, 0) is 0 Å². The zero-order chi connectivity index (χ0) is 15.0. The number of nitrogens with one attached hydrogen (secondary N) is 1. The smallest absolute Gasteiger partial charge is 0.304 e. The number of likely N-dealkylation sites (tertiary alicyclic amines) is 1. The molecule has 0 saturated carbocycles. The van der Waals surface area contributed by atoms with E-state index in [-0.39, 0.29) is 16.9 Å². The van der Waals surface area contributed by atoms with Crippen LogP contribution in [0.2, 0.25) is 0 Å². The number of aromatic amines is 1. The molecule has 1 aliphatic rings. The third kappa shape index (κ3) is 2.40. The van der Waals surface area contributed by atoms with E-state index in [0.29, 0.717) is 0 Å². The van der Waals surface area contributed by atoms with Gasteiger partial charge >= 0.3 is 5.69 Å². The van der Waals surface area contributed by atoms with Gasteiger partial charge in [0.05, 0.1) is 10.9 Å². The Hall–Kier alpha value is -1.95. The third-order valence-corrected chi connectivity index (χ3v) is 4.28. The summed E-state index contributed by atoms with van der Waals surface area (Å²) in [6.07, 6.45) is 1.52. The minimum Gasteiger partial charge on any atom is -0.304 e. The number of hydrogen-bond donors (Lipinski definition) is 1. The molecule has 1 aromatic heterocycles. The number of aromatic nitrogens is 2. The molecule has 2 heterocycles. The van der Waals surface area contributed by atoms with Crippen molar-refractivity contribution in [3.05, 3.63) is 44.9 Å². The molecule has 0 atom stereocenters. The molecule has 0 amide bonds. The molecular formula is C15H18FN3O2. The normalized spacial score (nSPS) is 17.4. The maximum absolute atomic E-state index is 13.7. The molecule has 1 saturated heterocycles. The number of rotatable bonds is 2. The second-order valence-electron chi connectivity index (χ2n) is 5.43. The van der Waals surface area contributed by atoms with E-state index in [1.807, 2.05) is 0 Å². The first-order chi connectivity index (χ1) is 10.1. The lowest BCUT2D eigenvalue weighted by atomic mass is 10.0. The van der Waals surface area contributed by atoms with Crippen LogP contribution < -0.4 is 11.2 Å². The lowest BCUT2D eigenvalue weighted by Crippen LogP contribution is -2.43. The topological polar surface area (TPSA) is 58.1 Å². The minimum absolute atomic E-state index is 0.00487. The quantitative estimate of drug-likeness (QED) is 0.912. The summed E-state index contributed by atoms with van der Waals surface area (Å²) in [5, 5.41) is 0.229. The molecule has 1 aromatic carbocycles. The van der Waals surface area contributed by atoms with Crippen LogP contribution in [0.1, 0.15) is 25.8 Å². The predicted octanol–water partition coefficient (Wildman–Crippen LogP) is 1.49. The molecule has 6 heteroatoms. The van der Waals surface area contributed by atoms with Crippen LogP contribution in [0.3, 0.4) is 0 Å². The highest BCUT2D eigenvalue weighted by molar-refractivity contribution is 5.77. The second kappa shape index (κ2) is 5.44. The summed E-state index contributed by atoms with van der Waals surface area (Å²) in [7, 11) is 0. The summed E-state index contributed by atoms with van der Waals surface area (Å²) < 4.78 is 15.0. The van der Waals surface area contributed by atoms with Crippen molar-refractivity contribution in [2.45, 2.75) is 25.8 Å². The number of piperidine rings is 1. The van der Waals surface area contributed by atoms with Gasteiger partial charge in [-0.15, -0.1) is 0 Å². The van der Waals surface area contributed by atoms with Gasteiger partial charge in [0.1, 0.15) is 5.82 Å². The molecule has 1 aliphatic heterocycles. The van der Waals surface area contributed by atoms with E-state index in [4.69, 9.17) is 0 Å². The molecular weight excluding hydrogens is 273 g/mol. The average Bonchev–Trinajstić information content (AvgIpc) is 2.49. The van der Waals surface area contributed by atoms with Crippen LogP contribution >= 0.6 is 0 Å². The number of para-hydroxylation sites is 1. The summed E-state index contributed by atoms with van der Waals surface area (Å²) in [6, 6.07) is 4.16. The first-order valence-electron chi connectivity index (χ1n) is 7.27. The van der Waals surface area contributed by atoms with E-state index in [9.17, 15) is 14.0 Å². The number of nitrogens with zero attached hydrogens (tertiary/aromatic N) is 2. The van der Waals surface area contributed by atoms with Crippen LogP contribution in [0.4, 0.5) is 4.39 Å². The fraction of sp³-hybridized carbons (Fsp3) is 0.467. The summed E-state index contributed by atoms with van der Waals surface area (Å²) in [5.74, 6) is -0.574. The van der Waals surface area contributed by atoms with Crippen LogP contribution in [0.25, 0.3) is 10.9 Å². The Morgan fingerprint density at radius 1 is 1.29 bits per heavy atom. The average molecular weight is 291 g/mol. The van der Waals surface area contributed by atoms with Gasteiger partial charge in [0.15, 0.2) is 0 Å². The molecule has 21 heavy (non-hydrogen) atoms. The van der Waals surface area contributed by atoms with E-state index in [2.05, 4.69) is 16.8 Å². The molecule has 0 radical (unpaired) electrons. The number of benzene rings is 1. The number of fused-ring (bicyclic) bond motifs is 1. The maximum atomic E-state index is 13.7. The SMILES string of the molecule is CCN1CCC(n2c(=O)[nH]c3c(F)cccc3c2=O)CC1. The largest absolute Gasteiger partial charge is 0.329 e. The van der Waals surface area contributed by atoms with Gasteiger partial charge in [0.2, 0.25) is 0 Å². The zero-order valence-corrected chi connectivity index (χ0v) is 11.9. The summed E-state index contributed by atoms with van der Waals surface area (Å²) in [4.78, 5) is 29.5. The van der Waals surface area contributed by atoms with Crippen molar-refractivity contribution in [2.75, 3.05) is 19.6 Å². The molecule has 1 fully saturated rings. The van der Waals surface area contributed by atoms with Crippen molar-refractivity contribution in [3.8, 4) is 0 Å². The zero-order valence-electron chi connectivity index (χ0n) is 11.9. The Balaban J connectivity index is 2.08. The van der Waals surface area contributed by atoms with Gasteiger partial charge in [-0.25, -0.2) is 9.18 Å². The van der Waals surface area contributed by atoms with E-state index < -0.39 is 17.1 Å². The van der Waals surface area contributed by atoms with Gasteiger partial charge in [-0.1, -0.05) is 13.0 Å². The van der Waals surface area contributed by atoms with E-state index in [1.54, 1.807) is 6.07 Å². The molecule has 1 N–H and O–H groups in total. The van der Waals surface area contributed by atoms with Crippen molar-refractivity contribution in [3.63, 3.8) is 0 Å². The van der Waals surface area contributed by atoms with Crippen LogP contribution in [0.15, 0.2) is 27.8 Å². The van der Waals surface area contributed by atoms with Crippen LogP contribution in [0.5, 0.6) is 0 Å². The molecule has 2 aromatic rings. The van der Waals surface area contributed by atoms with Crippen molar-refractivity contribution >= 4 is 10.9 Å². The Morgan fingerprint density at radius 3 is 2.67 bits per heavy atom. The van der Waals surface area contributed by atoms with Gasteiger partial charge in [0.25, 0.3) is 5.56 Å². The fourth-order valence-electron chi connectivity index (χ4n) is 3.04. The van der Waals surface area contributed by atoms with Gasteiger partial charge in [0, 0.05) is 19.1 Å². The van der Waals surface area contributed by atoms with E-state index in [0.717, 1.165) is 32.5 Å². The molecule has 0 spiro atoms. The third-order valence-electron chi connectivity index (χ3n) is 4.28. The summed E-state index contributed by atoms with van der Waals surface area (Å²) >= 11 is 0. The summed E-state index contributed by atoms with van der Waals surface area (Å²) in [6.45, 7) is 4.81. The van der Waals surface area contributed by atoms with Crippen LogP contribution in [0, 0.1) is 5.82 Å². The molecule has 112 valence electrons. The van der Waals surface area contributed by atoms with E-state index >= 15 is 0 Å². The maximum Gasteiger partial charge on any atom is 0.329 e. The fourth-order valence-corrected chi connectivity index (χ4v) is 3.04. The Labute approximate surface area is 121 Å². The first-order valence-corrected chi connectivity index (χ1v) is 7.27. The second-order valence-corrected chi connectivity index (χ2v) is 5.43. The molecule has 0 unspecified atom stereocenters. The standard InChI is InChI=1S/C15H18FN3O2/c1-2-18-8-6-10(7-9-18)19-14(20)11-4-3-5-12(16)13(11)17-15(19)21/h3-5,10H,2,6-9H2,1H3,(H,17,21). The predicted molar refractivity (Wildman–Crippen MR) is 79.2 cm³/mol. The number of hydrogen-bond acceptors (Lipinski definition) is 3. The lowest BCUT2D eigenvalue weighted by Gasteiger charge is -2.31. The van der Waals surface area contributed by atoms with Crippen molar-refractivity contribution in [1.29, 1.82) is 0 Å². The Kier molecular flexibility index (Phi) is 3.63. The first kappa shape index (κ1) is 14.0. The Morgan fingerprint density at radius 2 is 2.00 bits per heavy atom. The van der Waals surface area contributed by atoms with Gasteiger partial charge in [-0.3, -0.25) is 9.36 Å². The highest BCUT2D eigenvalue weighted by Crippen LogP contribution is 2.20. The van der Waals surface area contributed by atoms with E-state index in [1.165, 1.54) is 16.7 Å². The highest BCUT2D eigenvalue weighted by Gasteiger charge is 2.23. The van der Waals surface area contributed by atoms with Crippen molar-refractivity contribution in [1.82, 2.24) is 14.5 Å². The van der Waals surface area contributed by atoms with Crippen LogP contribution in [-0.4, -0.2) is 34.1 Å². The molecule has 5 nitrogen and oxygen atoms in total. The number of H-pyrrole nitrogens is 1. The Bertz CT molecular complexity index is 773. The van der Waals surface area contributed by atoms with Gasteiger partial charge in [-0.05, 0) is 31.5 Å².